The van der Waals surface area contributed by atoms with E-state index >= 15 is 0 Å². The lowest BCUT2D eigenvalue weighted by Gasteiger charge is -2.16. The lowest BCUT2D eigenvalue weighted by atomic mass is 10.1. The minimum absolute atomic E-state index is 0.170. The highest BCUT2D eigenvalue weighted by Gasteiger charge is 2.18. The number of pyridine rings is 2. The van der Waals surface area contributed by atoms with E-state index in [1.165, 1.54) is 12.8 Å². The number of H-pyrrole nitrogens is 1. The van der Waals surface area contributed by atoms with Crippen LogP contribution in [0.15, 0.2) is 41.6 Å². The van der Waals surface area contributed by atoms with Gasteiger partial charge in [-0.15, -0.1) is 0 Å². The molecule has 5 nitrogen and oxygen atoms in total. The Morgan fingerprint density at radius 1 is 1.09 bits per heavy atom. The Kier molecular flexibility index (Phi) is 4.86. The molecule has 0 radical (unpaired) electrons. The van der Waals surface area contributed by atoms with Crippen molar-refractivity contribution in [3.05, 3.63) is 52.7 Å². The molecule has 0 aliphatic heterocycles. The number of hydrogen-bond acceptors (Lipinski definition) is 3. The molecule has 0 spiro atoms. The summed E-state index contributed by atoms with van der Waals surface area (Å²) in [4.78, 5) is 31.2. The van der Waals surface area contributed by atoms with Crippen LogP contribution in [0, 0.1) is 0 Å². The van der Waals surface area contributed by atoms with Gasteiger partial charge in [0.15, 0.2) is 0 Å². The van der Waals surface area contributed by atoms with Crippen LogP contribution in [0.25, 0.3) is 11.1 Å². The Balaban J connectivity index is 1.81. The molecule has 1 saturated carbocycles. The quantitative estimate of drug-likeness (QED) is 0.856. The molecule has 1 fully saturated rings. The number of aromatic amines is 1. The number of nitrogens with one attached hydrogen (secondary N) is 2. The van der Waals surface area contributed by atoms with Gasteiger partial charge in [0.1, 0.15) is 5.56 Å². The molecule has 0 bridgehead atoms. The number of aromatic nitrogens is 2. The van der Waals surface area contributed by atoms with Crippen molar-refractivity contribution in [2.24, 2.45) is 0 Å². The first kappa shape index (κ1) is 15.5. The Labute approximate surface area is 135 Å². The highest BCUT2D eigenvalue weighted by atomic mass is 16.2. The number of rotatable bonds is 3. The summed E-state index contributed by atoms with van der Waals surface area (Å²) in [6, 6.07) is 5.52. The van der Waals surface area contributed by atoms with Crippen molar-refractivity contribution in [3.63, 3.8) is 0 Å². The van der Waals surface area contributed by atoms with E-state index in [0.29, 0.717) is 0 Å². The monoisotopic (exact) mass is 311 g/mol. The molecule has 1 aliphatic rings. The van der Waals surface area contributed by atoms with Crippen LogP contribution in [0.5, 0.6) is 0 Å². The fourth-order valence-electron chi connectivity index (χ4n) is 3.05. The van der Waals surface area contributed by atoms with Crippen molar-refractivity contribution in [2.45, 2.75) is 44.6 Å². The third-order valence-corrected chi connectivity index (χ3v) is 4.35. The van der Waals surface area contributed by atoms with Crippen molar-refractivity contribution in [2.75, 3.05) is 0 Å². The smallest absolute Gasteiger partial charge is 0.260 e. The first-order chi connectivity index (χ1) is 11.2. The second-order valence-corrected chi connectivity index (χ2v) is 6.03. The highest BCUT2D eigenvalue weighted by Crippen LogP contribution is 2.19. The van der Waals surface area contributed by atoms with Gasteiger partial charge < -0.3 is 10.3 Å². The molecule has 2 N–H and O–H groups in total. The van der Waals surface area contributed by atoms with E-state index in [2.05, 4.69) is 15.3 Å². The molecule has 23 heavy (non-hydrogen) atoms. The molecule has 0 unspecified atom stereocenters. The van der Waals surface area contributed by atoms with Crippen molar-refractivity contribution in [3.8, 4) is 11.1 Å². The van der Waals surface area contributed by atoms with Gasteiger partial charge in [0.25, 0.3) is 11.5 Å². The predicted molar refractivity (Wildman–Crippen MR) is 89.2 cm³/mol. The normalized spacial score (nSPS) is 15.8. The Hall–Kier alpha value is -2.43. The van der Waals surface area contributed by atoms with E-state index in [1.807, 2.05) is 12.1 Å². The minimum atomic E-state index is -0.353. The topological polar surface area (TPSA) is 74.8 Å². The summed E-state index contributed by atoms with van der Waals surface area (Å²) in [5.41, 5.74) is 1.54. The lowest BCUT2D eigenvalue weighted by Crippen LogP contribution is -2.37. The molecule has 0 saturated heterocycles. The molecule has 2 heterocycles. The molecule has 2 aromatic rings. The minimum Gasteiger partial charge on any atom is -0.349 e. The zero-order valence-electron chi connectivity index (χ0n) is 13.0. The third kappa shape index (κ3) is 3.86. The molecule has 120 valence electrons. The number of amides is 1. The summed E-state index contributed by atoms with van der Waals surface area (Å²) >= 11 is 0. The number of carbonyl (C=O) groups excluding carboxylic acids is 1. The molecule has 0 atom stereocenters. The van der Waals surface area contributed by atoms with Gasteiger partial charge in [-0.2, -0.15) is 0 Å². The standard InChI is InChI=1S/C18H21N3O2/c22-17-16(18(23)21-15-5-3-1-2-4-6-15)11-14(12-20-17)13-7-9-19-10-8-13/h7-12,15H,1-6H2,(H,20,22)(H,21,23). The van der Waals surface area contributed by atoms with Crippen molar-refractivity contribution < 1.29 is 4.79 Å². The zero-order chi connectivity index (χ0) is 16.1. The number of hydrogen-bond donors (Lipinski definition) is 2. The number of carbonyl (C=O) groups is 1. The van der Waals surface area contributed by atoms with Crippen LogP contribution in [0.4, 0.5) is 0 Å². The molecular formula is C18H21N3O2. The van der Waals surface area contributed by atoms with Crippen LogP contribution in [-0.2, 0) is 0 Å². The number of nitrogens with zero attached hydrogens (tertiary/aromatic N) is 1. The summed E-state index contributed by atoms with van der Waals surface area (Å²) in [7, 11) is 0. The Morgan fingerprint density at radius 2 is 1.78 bits per heavy atom. The molecule has 1 amide bonds. The van der Waals surface area contributed by atoms with E-state index in [9.17, 15) is 9.59 Å². The van der Waals surface area contributed by atoms with Gasteiger partial charge in [0.2, 0.25) is 0 Å². The first-order valence-corrected chi connectivity index (χ1v) is 8.18. The molecular weight excluding hydrogens is 290 g/mol. The largest absolute Gasteiger partial charge is 0.349 e. The van der Waals surface area contributed by atoms with Crippen molar-refractivity contribution >= 4 is 5.91 Å². The van der Waals surface area contributed by atoms with Gasteiger partial charge in [0.05, 0.1) is 0 Å². The van der Waals surface area contributed by atoms with Crippen LogP contribution in [0.1, 0.15) is 48.9 Å². The fraction of sp³-hybridized carbons (Fsp3) is 0.389. The van der Waals surface area contributed by atoms with Crippen LogP contribution in [-0.4, -0.2) is 21.9 Å². The molecule has 2 aromatic heterocycles. The second-order valence-electron chi connectivity index (χ2n) is 6.03. The maximum Gasteiger partial charge on any atom is 0.260 e. The average Bonchev–Trinajstić information content (AvgIpc) is 2.84. The van der Waals surface area contributed by atoms with Crippen LogP contribution in [0.2, 0.25) is 0 Å². The SMILES string of the molecule is O=C(NC1CCCCCC1)c1cc(-c2ccncc2)c[nH]c1=O. The fourth-order valence-corrected chi connectivity index (χ4v) is 3.05. The van der Waals surface area contributed by atoms with E-state index in [-0.39, 0.29) is 23.1 Å². The van der Waals surface area contributed by atoms with Crippen molar-refractivity contribution in [1.29, 1.82) is 0 Å². The van der Waals surface area contributed by atoms with Gasteiger partial charge in [-0.05, 0) is 42.2 Å². The maximum absolute atomic E-state index is 12.5. The van der Waals surface area contributed by atoms with Gasteiger partial charge in [-0.25, -0.2) is 0 Å². The van der Waals surface area contributed by atoms with Crippen molar-refractivity contribution in [1.82, 2.24) is 15.3 Å². The molecule has 0 aromatic carbocycles. The summed E-state index contributed by atoms with van der Waals surface area (Å²) in [5.74, 6) is -0.283. The molecule has 3 rings (SSSR count). The van der Waals surface area contributed by atoms with E-state index < -0.39 is 0 Å². The predicted octanol–water partition coefficient (Wildman–Crippen LogP) is 2.89. The summed E-state index contributed by atoms with van der Waals surface area (Å²) in [5, 5.41) is 3.02. The summed E-state index contributed by atoms with van der Waals surface area (Å²) < 4.78 is 0. The summed E-state index contributed by atoms with van der Waals surface area (Å²) in [6.45, 7) is 0. The van der Waals surface area contributed by atoms with Gasteiger partial charge >= 0.3 is 0 Å². The zero-order valence-corrected chi connectivity index (χ0v) is 13.0. The van der Waals surface area contributed by atoms with Gasteiger partial charge in [-0.3, -0.25) is 14.6 Å². The Bertz CT molecular complexity index is 717. The average molecular weight is 311 g/mol. The maximum atomic E-state index is 12.5. The van der Waals surface area contributed by atoms with E-state index in [0.717, 1.165) is 36.8 Å². The lowest BCUT2D eigenvalue weighted by molar-refractivity contribution is 0.0932. The third-order valence-electron chi connectivity index (χ3n) is 4.35. The van der Waals surface area contributed by atoms with Gasteiger partial charge in [-0.1, -0.05) is 25.7 Å². The van der Waals surface area contributed by atoms with Crippen LogP contribution >= 0.6 is 0 Å². The van der Waals surface area contributed by atoms with E-state index in [1.54, 1.807) is 24.7 Å². The van der Waals surface area contributed by atoms with Crippen LogP contribution < -0.4 is 10.9 Å². The molecule has 1 aliphatic carbocycles. The molecule has 5 heteroatoms. The first-order valence-electron chi connectivity index (χ1n) is 8.18. The van der Waals surface area contributed by atoms with Crippen LogP contribution in [0.3, 0.4) is 0 Å². The second kappa shape index (κ2) is 7.22. The van der Waals surface area contributed by atoms with Gasteiger partial charge in [0, 0.05) is 24.6 Å². The van der Waals surface area contributed by atoms with E-state index in [4.69, 9.17) is 0 Å². The Morgan fingerprint density at radius 3 is 2.48 bits per heavy atom. The highest BCUT2D eigenvalue weighted by molar-refractivity contribution is 5.95. The summed E-state index contributed by atoms with van der Waals surface area (Å²) in [6.07, 6.45) is 11.7.